The number of hydrogen-bond acceptors (Lipinski definition) is 5. The van der Waals surface area contributed by atoms with Crippen LogP contribution in [0.3, 0.4) is 0 Å². The van der Waals surface area contributed by atoms with Crippen molar-refractivity contribution in [3.05, 3.63) is 23.3 Å². The van der Waals surface area contributed by atoms with Crippen LogP contribution in [0, 0.1) is 0 Å². The molecule has 0 radical (unpaired) electrons. The van der Waals surface area contributed by atoms with Crippen molar-refractivity contribution in [3.8, 4) is 5.75 Å². The van der Waals surface area contributed by atoms with E-state index in [2.05, 4.69) is 0 Å². The van der Waals surface area contributed by atoms with Crippen molar-refractivity contribution in [3.63, 3.8) is 0 Å². The molecule has 1 aliphatic rings. The van der Waals surface area contributed by atoms with Crippen LogP contribution in [0.2, 0.25) is 0 Å². The van der Waals surface area contributed by atoms with Crippen LogP contribution < -0.4 is 10.2 Å². The minimum atomic E-state index is -4.53. The van der Waals surface area contributed by atoms with E-state index in [1.165, 1.54) is 14.2 Å². The van der Waals surface area contributed by atoms with Crippen LogP contribution in [0.25, 0.3) is 0 Å². The molecule has 0 aromatic heterocycles. The molecule has 0 aliphatic carbocycles. The molecule has 1 aromatic rings. The molecule has 0 amide bonds. The number of benzene rings is 1. The predicted molar refractivity (Wildman–Crippen MR) is 90.4 cm³/mol. The first-order valence-corrected chi connectivity index (χ1v) is 8.13. The highest BCUT2D eigenvalue weighted by molar-refractivity contribution is 6.63. The highest BCUT2D eigenvalue weighted by atomic mass is 19.4. The number of rotatable bonds is 6. The fourth-order valence-corrected chi connectivity index (χ4v) is 2.59. The molecule has 0 spiro atoms. The van der Waals surface area contributed by atoms with Crippen LogP contribution in [-0.2, 0) is 31.6 Å². The van der Waals surface area contributed by atoms with Gasteiger partial charge in [-0.2, -0.15) is 13.2 Å². The molecule has 26 heavy (non-hydrogen) atoms. The van der Waals surface area contributed by atoms with Gasteiger partial charge in [0.15, 0.2) is 6.79 Å². The van der Waals surface area contributed by atoms with Gasteiger partial charge in [-0.25, -0.2) is 0 Å². The van der Waals surface area contributed by atoms with Gasteiger partial charge in [-0.3, -0.25) is 0 Å². The Balaban J connectivity index is 2.58. The molecule has 1 heterocycles. The molecule has 0 unspecified atom stereocenters. The fraction of sp³-hybridized carbons (Fsp3) is 0.647. The fourth-order valence-electron chi connectivity index (χ4n) is 2.59. The summed E-state index contributed by atoms with van der Waals surface area (Å²) in [6.07, 6.45) is -4.53. The summed E-state index contributed by atoms with van der Waals surface area (Å²) in [5.74, 6) is -0.00720. The van der Waals surface area contributed by atoms with Gasteiger partial charge in [-0.1, -0.05) is 0 Å². The van der Waals surface area contributed by atoms with E-state index in [1.54, 1.807) is 0 Å². The van der Waals surface area contributed by atoms with Crippen molar-refractivity contribution in [2.75, 3.05) is 21.0 Å². The number of alkyl halides is 3. The second-order valence-electron chi connectivity index (χ2n) is 7.12. The monoisotopic (exact) mass is 376 g/mol. The lowest BCUT2D eigenvalue weighted by Crippen LogP contribution is -2.41. The number of methoxy groups -OCH3 is 2. The van der Waals surface area contributed by atoms with Gasteiger partial charge < -0.3 is 23.5 Å². The van der Waals surface area contributed by atoms with Gasteiger partial charge in [0.25, 0.3) is 0 Å². The third-order valence-electron chi connectivity index (χ3n) is 4.68. The lowest BCUT2D eigenvalue weighted by molar-refractivity contribution is -0.137. The number of hydrogen-bond donors (Lipinski definition) is 0. The molecule has 9 heteroatoms. The lowest BCUT2D eigenvalue weighted by Gasteiger charge is -2.32. The third-order valence-corrected chi connectivity index (χ3v) is 4.68. The molecule has 5 nitrogen and oxygen atoms in total. The molecule has 146 valence electrons. The molecule has 1 saturated heterocycles. The van der Waals surface area contributed by atoms with Gasteiger partial charge in [-0.15, -0.1) is 0 Å². The summed E-state index contributed by atoms with van der Waals surface area (Å²) in [5.41, 5.74) is -1.48. The highest BCUT2D eigenvalue weighted by Gasteiger charge is 2.53. The first-order valence-electron chi connectivity index (χ1n) is 8.13. The molecule has 0 saturated carbocycles. The van der Waals surface area contributed by atoms with Crippen LogP contribution in [-0.4, -0.2) is 39.3 Å². The molecule has 2 rings (SSSR count). The summed E-state index contributed by atoms with van der Waals surface area (Å²) >= 11 is 0. The van der Waals surface area contributed by atoms with Crippen LogP contribution in [0.4, 0.5) is 13.2 Å². The van der Waals surface area contributed by atoms with E-state index < -0.39 is 30.1 Å². The molecule has 0 atom stereocenters. The average molecular weight is 376 g/mol. The van der Waals surface area contributed by atoms with E-state index in [-0.39, 0.29) is 24.7 Å². The summed E-state index contributed by atoms with van der Waals surface area (Å²) in [6.45, 7) is 7.20. The zero-order valence-corrected chi connectivity index (χ0v) is 15.8. The van der Waals surface area contributed by atoms with Gasteiger partial charge in [0, 0.05) is 19.7 Å². The molecule has 1 aromatic carbocycles. The summed E-state index contributed by atoms with van der Waals surface area (Å²) in [6, 6.07) is 1.96. The van der Waals surface area contributed by atoms with Crippen LogP contribution in [0.5, 0.6) is 5.75 Å². The molecule has 1 aliphatic heterocycles. The highest BCUT2D eigenvalue weighted by Crippen LogP contribution is 2.39. The second kappa shape index (κ2) is 7.38. The van der Waals surface area contributed by atoms with Gasteiger partial charge in [-0.05, 0) is 45.4 Å². The van der Waals surface area contributed by atoms with Crippen molar-refractivity contribution >= 4 is 12.6 Å². The Morgan fingerprint density at radius 3 is 2.04 bits per heavy atom. The first-order chi connectivity index (χ1) is 11.9. The van der Waals surface area contributed by atoms with E-state index >= 15 is 0 Å². The number of halogens is 3. The van der Waals surface area contributed by atoms with Crippen molar-refractivity contribution in [1.82, 2.24) is 0 Å². The van der Waals surface area contributed by atoms with Gasteiger partial charge in [0.05, 0.1) is 23.4 Å². The Labute approximate surface area is 151 Å². The molecule has 0 N–H and O–H groups in total. The summed E-state index contributed by atoms with van der Waals surface area (Å²) in [7, 11) is 1.90. The summed E-state index contributed by atoms with van der Waals surface area (Å²) in [4.78, 5) is 0. The largest absolute Gasteiger partial charge is 0.499 e. The average Bonchev–Trinajstić information content (AvgIpc) is 2.72. The van der Waals surface area contributed by atoms with Crippen molar-refractivity contribution in [2.45, 2.75) is 51.7 Å². The number of ether oxygens (including phenoxy) is 3. The van der Waals surface area contributed by atoms with E-state index in [0.29, 0.717) is 5.46 Å². The van der Waals surface area contributed by atoms with Crippen LogP contribution in [0.15, 0.2) is 12.1 Å². The molecular weight excluding hydrogens is 352 g/mol. The maximum atomic E-state index is 13.3. The Hall–Kier alpha value is -1.29. The lowest BCUT2D eigenvalue weighted by atomic mass is 9.74. The summed E-state index contributed by atoms with van der Waals surface area (Å²) < 4.78 is 67.2. The molecule has 1 fully saturated rings. The SMILES string of the molecule is COCOc1cc(C(F)(F)F)cc(COC)c1B1OC(C)(C)C(C)(C)O1. The van der Waals surface area contributed by atoms with Gasteiger partial charge in [0.1, 0.15) is 5.75 Å². The Bertz CT molecular complexity index is 630. The van der Waals surface area contributed by atoms with E-state index in [1.807, 2.05) is 27.7 Å². The molecular formula is C17H24BF3O5. The van der Waals surface area contributed by atoms with Crippen molar-refractivity contribution in [1.29, 1.82) is 0 Å². The van der Waals surface area contributed by atoms with E-state index in [9.17, 15) is 13.2 Å². The Kier molecular flexibility index (Phi) is 5.97. The van der Waals surface area contributed by atoms with Crippen molar-refractivity contribution < 1.29 is 36.7 Å². The summed E-state index contributed by atoms with van der Waals surface area (Å²) in [5, 5.41) is 0. The zero-order valence-electron chi connectivity index (χ0n) is 15.8. The predicted octanol–water partition coefficient (Wildman–Crippen LogP) is 3.13. The van der Waals surface area contributed by atoms with Crippen LogP contribution in [0.1, 0.15) is 38.8 Å². The Morgan fingerprint density at radius 2 is 1.58 bits per heavy atom. The van der Waals surface area contributed by atoms with Gasteiger partial charge >= 0.3 is 13.3 Å². The second-order valence-corrected chi connectivity index (χ2v) is 7.12. The third kappa shape index (κ3) is 4.16. The van der Waals surface area contributed by atoms with E-state index in [0.717, 1.165) is 12.1 Å². The quantitative estimate of drug-likeness (QED) is 0.564. The minimum Gasteiger partial charge on any atom is -0.468 e. The maximum Gasteiger partial charge on any atom is 0.499 e. The standard InChI is InChI=1S/C17H24BF3O5/c1-15(2)16(3,4)26-18(25-15)14-11(9-22-5)7-12(17(19,20)21)8-13(14)24-10-23-6/h7-8H,9-10H2,1-6H3. The van der Waals surface area contributed by atoms with Gasteiger partial charge in [0.2, 0.25) is 0 Å². The van der Waals surface area contributed by atoms with Crippen LogP contribution >= 0.6 is 0 Å². The van der Waals surface area contributed by atoms with E-state index in [4.69, 9.17) is 23.5 Å². The Morgan fingerprint density at radius 1 is 1.00 bits per heavy atom. The topological polar surface area (TPSA) is 46.2 Å². The normalized spacial score (nSPS) is 19.0. The first kappa shape index (κ1) is 21.0. The zero-order chi connectivity index (χ0) is 19.8. The smallest absolute Gasteiger partial charge is 0.468 e. The van der Waals surface area contributed by atoms with Crippen molar-refractivity contribution in [2.24, 2.45) is 0 Å². The maximum absolute atomic E-state index is 13.3. The molecule has 0 bridgehead atoms. The minimum absolute atomic E-state index is 0.00720.